The number of nitrogens with zero attached hydrogens (tertiary/aromatic N) is 2. The first-order valence-corrected chi connectivity index (χ1v) is 10.1. The Bertz CT molecular complexity index is 880. The summed E-state index contributed by atoms with van der Waals surface area (Å²) in [5.74, 6) is -0.901. The van der Waals surface area contributed by atoms with E-state index in [1.54, 1.807) is 24.3 Å². The van der Waals surface area contributed by atoms with E-state index < -0.39 is 5.97 Å². The van der Waals surface area contributed by atoms with Gasteiger partial charge < -0.3 is 10.0 Å². The number of carbonyl (C=O) groups is 2. The lowest BCUT2D eigenvalue weighted by molar-refractivity contribution is -0.133. The van der Waals surface area contributed by atoms with Gasteiger partial charge in [-0.1, -0.05) is 26.0 Å². The number of aromatic carboxylic acids is 1. The highest BCUT2D eigenvalue weighted by atomic mass is 19.1. The molecule has 0 aliphatic carbocycles. The van der Waals surface area contributed by atoms with Gasteiger partial charge in [0.05, 0.1) is 23.0 Å². The second kappa shape index (κ2) is 9.16. The van der Waals surface area contributed by atoms with Crippen molar-refractivity contribution in [1.82, 2.24) is 9.88 Å². The lowest BCUT2D eigenvalue weighted by atomic mass is 10.0. The number of hydrogen-bond acceptors (Lipinski definition) is 3. The monoisotopic (exact) mass is 398 g/mol. The third kappa shape index (κ3) is 5.19. The summed E-state index contributed by atoms with van der Waals surface area (Å²) in [4.78, 5) is 30.8. The summed E-state index contributed by atoms with van der Waals surface area (Å²) in [6.07, 6.45) is 3.26. The largest absolute Gasteiger partial charge is 0.478 e. The summed E-state index contributed by atoms with van der Waals surface area (Å²) in [5.41, 5.74) is 2.35. The molecule has 1 N–H and O–H groups in total. The molecule has 154 valence electrons. The summed E-state index contributed by atoms with van der Waals surface area (Å²) in [6.45, 7) is 4.76. The third-order valence-corrected chi connectivity index (χ3v) is 5.29. The Hall–Kier alpha value is -2.76. The maximum atomic E-state index is 13.1. The number of likely N-dealkylation sites (tertiary alicyclic amines) is 1. The van der Waals surface area contributed by atoms with Gasteiger partial charge in [0.15, 0.2) is 0 Å². The van der Waals surface area contributed by atoms with Gasteiger partial charge in [-0.05, 0) is 61.4 Å². The average Bonchev–Trinajstić information content (AvgIpc) is 3.16. The lowest BCUT2D eigenvalue weighted by Gasteiger charge is -2.25. The van der Waals surface area contributed by atoms with Crippen LogP contribution < -0.4 is 0 Å². The van der Waals surface area contributed by atoms with Crippen LogP contribution in [0.1, 0.15) is 66.5 Å². The van der Waals surface area contributed by atoms with Crippen LogP contribution in [0.2, 0.25) is 0 Å². The molecule has 1 atom stereocenters. The fourth-order valence-corrected chi connectivity index (χ4v) is 3.84. The van der Waals surface area contributed by atoms with E-state index in [4.69, 9.17) is 0 Å². The number of carboxylic acids is 1. The zero-order chi connectivity index (χ0) is 21.0. The molecule has 3 rings (SSSR count). The molecule has 2 aromatic rings. The van der Waals surface area contributed by atoms with E-state index in [1.807, 2.05) is 18.7 Å². The fraction of sp³-hybridized carbons (Fsp3) is 0.435. The number of aromatic nitrogens is 1. The van der Waals surface area contributed by atoms with Crippen LogP contribution in [0, 0.1) is 11.7 Å². The minimum atomic E-state index is -1.02. The van der Waals surface area contributed by atoms with Gasteiger partial charge in [0.1, 0.15) is 5.82 Å². The molecule has 2 heterocycles. The molecule has 1 amide bonds. The maximum absolute atomic E-state index is 13.1. The molecule has 0 bridgehead atoms. The molecule has 0 radical (unpaired) electrons. The van der Waals surface area contributed by atoms with Crippen molar-refractivity contribution in [2.75, 3.05) is 6.54 Å². The standard InChI is InChI=1S/C23H27FN2O3/c1-15(2)14-22(27)26-13-3-4-21(26)20-12-10-18(23(28)29)19(25-20)11-7-16-5-8-17(24)9-6-16/h5-6,8-10,12,15,21H,3-4,7,11,13-14H2,1-2H3,(H,28,29). The van der Waals surface area contributed by atoms with Gasteiger partial charge in [0.25, 0.3) is 0 Å². The first kappa shape index (κ1) is 21.0. The second-order valence-electron chi connectivity index (χ2n) is 8.01. The Morgan fingerprint density at radius 2 is 1.90 bits per heavy atom. The molecule has 1 fully saturated rings. The lowest BCUT2D eigenvalue weighted by Crippen LogP contribution is -2.32. The Morgan fingerprint density at radius 1 is 1.17 bits per heavy atom. The quantitative estimate of drug-likeness (QED) is 0.750. The van der Waals surface area contributed by atoms with Crippen LogP contribution in [0.3, 0.4) is 0 Å². The summed E-state index contributed by atoms with van der Waals surface area (Å²) >= 11 is 0. The van der Waals surface area contributed by atoms with Crippen molar-refractivity contribution >= 4 is 11.9 Å². The Labute approximate surface area is 170 Å². The van der Waals surface area contributed by atoms with Gasteiger partial charge in [-0.2, -0.15) is 0 Å². The van der Waals surface area contributed by atoms with Gasteiger partial charge in [-0.15, -0.1) is 0 Å². The van der Waals surface area contributed by atoms with Crippen LogP contribution >= 0.6 is 0 Å². The highest BCUT2D eigenvalue weighted by molar-refractivity contribution is 5.88. The van der Waals surface area contributed by atoms with Crippen LogP contribution in [-0.2, 0) is 17.6 Å². The molecular weight excluding hydrogens is 371 g/mol. The Kier molecular flexibility index (Phi) is 6.62. The molecule has 1 aliphatic heterocycles. The van der Waals surface area contributed by atoms with Gasteiger partial charge >= 0.3 is 5.97 Å². The molecule has 1 aliphatic rings. The van der Waals surface area contributed by atoms with Gasteiger partial charge in [-0.3, -0.25) is 9.78 Å². The van der Waals surface area contributed by atoms with Gasteiger partial charge in [-0.25, -0.2) is 9.18 Å². The van der Waals surface area contributed by atoms with E-state index in [2.05, 4.69) is 4.98 Å². The van der Waals surface area contributed by atoms with Crippen LogP contribution in [0.4, 0.5) is 4.39 Å². The number of rotatable bonds is 7. The van der Waals surface area contributed by atoms with E-state index in [1.165, 1.54) is 12.1 Å². The van der Waals surface area contributed by atoms with E-state index in [9.17, 15) is 19.1 Å². The molecule has 5 nitrogen and oxygen atoms in total. The second-order valence-corrected chi connectivity index (χ2v) is 8.01. The summed E-state index contributed by atoms with van der Waals surface area (Å²) < 4.78 is 13.1. The molecule has 29 heavy (non-hydrogen) atoms. The van der Waals surface area contributed by atoms with Crippen LogP contribution in [0.15, 0.2) is 36.4 Å². The van der Waals surface area contributed by atoms with Crippen molar-refractivity contribution < 1.29 is 19.1 Å². The SMILES string of the molecule is CC(C)CC(=O)N1CCCC1c1ccc(C(=O)O)c(CCc2ccc(F)cc2)n1. The molecule has 1 aromatic heterocycles. The zero-order valence-corrected chi connectivity index (χ0v) is 16.9. The van der Waals surface area contributed by atoms with Gasteiger partial charge in [0, 0.05) is 13.0 Å². The molecule has 0 saturated carbocycles. The van der Waals surface area contributed by atoms with E-state index in [0.29, 0.717) is 31.5 Å². The predicted molar refractivity (Wildman–Crippen MR) is 108 cm³/mol. The molecule has 1 unspecified atom stereocenters. The Morgan fingerprint density at radius 3 is 2.55 bits per heavy atom. The van der Waals surface area contributed by atoms with Crippen LogP contribution in [0.25, 0.3) is 0 Å². The zero-order valence-electron chi connectivity index (χ0n) is 16.9. The van der Waals surface area contributed by atoms with Gasteiger partial charge in [0.2, 0.25) is 5.91 Å². The first-order chi connectivity index (χ1) is 13.8. The van der Waals surface area contributed by atoms with Crippen molar-refractivity contribution in [3.63, 3.8) is 0 Å². The van der Waals surface area contributed by atoms with Crippen molar-refractivity contribution in [2.45, 2.75) is 52.0 Å². The number of carboxylic acid groups (broad SMARTS) is 1. The number of amides is 1. The minimum absolute atomic E-state index is 0.103. The summed E-state index contributed by atoms with van der Waals surface area (Å²) in [7, 11) is 0. The maximum Gasteiger partial charge on any atom is 0.337 e. The highest BCUT2D eigenvalue weighted by Crippen LogP contribution is 2.32. The smallest absolute Gasteiger partial charge is 0.337 e. The number of halogens is 1. The third-order valence-electron chi connectivity index (χ3n) is 5.29. The predicted octanol–water partition coefficient (Wildman–Crippen LogP) is 4.41. The minimum Gasteiger partial charge on any atom is -0.478 e. The van der Waals surface area contributed by atoms with E-state index >= 15 is 0 Å². The summed E-state index contributed by atoms with van der Waals surface area (Å²) in [5, 5.41) is 9.54. The van der Waals surface area contributed by atoms with Crippen LogP contribution in [0.5, 0.6) is 0 Å². The molecule has 0 spiro atoms. The van der Waals surface area contributed by atoms with Crippen molar-refractivity contribution in [3.8, 4) is 0 Å². The number of aryl methyl sites for hydroxylation is 2. The normalized spacial score (nSPS) is 16.4. The fourth-order valence-electron chi connectivity index (χ4n) is 3.84. The molecular formula is C23H27FN2O3. The number of carbonyl (C=O) groups excluding carboxylic acids is 1. The van der Waals surface area contributed by atoms with Crippen molar-refractivity contribution in [3.05, 3.63) is 64.7 Å². The number of pyridine rings is 1. The Balaban J connectivity index is 1.82. The molecule has 1 aromatic carbocycles. The van der Waals surface area contributed by atoms with Crippen LogP contribution in [-0.4, -0.2) is 33.4 Å². The molecule has 1 saturated heterocycles. The summed E-state index contributed by atoms with van der Waals surface area (Å²) in [6, 6.07) is 9.41. The van der Waals surface area contributed by atoms with E-state index in [-0.39, 0.29) is 29.2 Å². The number of hydrogen-bond donors (Lipinski definition) is 1. The molecule has 6 heteroatoms. The topological polar surface area (TPSA) is 70.5 Å². The number of benzene rings is 1. The first-order valence-electron chi connectivity index (χ1n) is 10.1. The highest BCUT2D eigenvalue weighted by Gasteiger charge is 2.31. The van der Waals surface area contributed by atoms with Crippen molar-refractivity contribution in [2.24, 2.45) is 5.92 Å². The van der Waals surface area contributed by atoms with E-state index in [0.717, 1.165) is 24.1 Å². The van der Waals surface area contributed by atoms with Crippen molar-refractivity contribution in [1.29, 1.82) is 0 Å². The average molecular weight is 398 g/mol.